The molecule has 2 aromatic carbocycles. The summed E-state index contributed by atoms with van der Waals surface area (Å²) in [4.78, 5) is 31.8. The number of carbonyl (C=O) groups excluding carboxylic acids is 1. The van der Waals surface area contributed by atoms with Gasteiger partial charge in [0.15, 0.2) is 5.52 Å². The minimum Gasteiger partial charge on any atom is -0.349 e. The number of hydrogen-bond donors (Lipinski definition) is 1. The van der Waals surface area contributed by atoms with Gasteiger partial charge in [-0.3, -0.25) is 9.59 Å². The zero-order valence-electron chi connectivity index (χ0n) is 12.4. The highest BCUT2D eigenvalue weighted by Crippen LogP contribution is 2.20. The van der Waals surface area contributed by atoms with Gasteiger partial charge in [0.25, 0.3) is 5.56 Å². The van der Waals surface area contributed by atoms with E-state index in [4.69, 9.17) is 4.52 Å². The number of hydrogen-bond acceptors (Lipinski definition) is 5. The molecule has 0 saturated heterocycles. The Hall–Kier alpha value is -3.54. The standard InChI is InChI=1S/C18H11N3O3/c22-15(11-7-3-1-4-8-11)16-13-14(21-24-16)18(23)20-17(19-13)12-9-5-2-6-10-12/h1-10H,(H,19,20,23). The van der Waals surface area contributed by atoms with E-state index in [1.165, 1.54) is 0 Å². The van der Waals surface area contributed by atoms with Crippen molar-refractivity contribution >= 4 is 16.8 Å². The number of ketones is 1. The lowest BCUT2D eigenvalue weighted by Crippen LogP contribution is -2.10. The summed E-state index contributed by atoms with van der Waals surface area (Å²) in [5.41, 5.74) is 0.893. The number of carbonyl (C=O) groups is 1. The fourth-order valence-corrected chi connectivity index (χ4v) is 2.45. The van der Waals surface area contributed by atoms with Gasteiger partial charge in [0, 0.05) is 11.1 Å². The number of rotatable bonds is 3. The fourth-order valence-electron chi connectivity index (χ4n) is 2.45. The summed E-state index contributed by atoms with van der Waals surface area (Å²) in [6, 6.07) is 17.8. The Bertz CT molecular complexity index is 1080. The summed E-state index contributed by atoms with van der Waals surface area (Å²) in [5.74, 6) is -0.0481. The van der Waals surface area contributed by atoms with Crippen molar-refractivity contribution in [1.29, 1.82) is 0 Å². The van der Waals surface area contributed by atoms with Gasteiger partial charge in [-0.25, -0.2) is 4.98 Å². The van der Waals surface area contributed by atoms with Crippen LogP contribution < -0.4 is 5.56 Å². The van der Waals surface area contributed by atoms with Gasteiger partial charge in [-0.2, -0.15) is 0 Å². The van der Waals surface area contributed by atoms with Crippen LogP contribution in [0.3, 0.4) is 0 Å². The average molecular weight is 317 g/mol. The van der Waals surface area contributed by atoms with E-state index in [1.807, 2.05) is 36.4 Å². The van der Waals surface area contributed by atoms with Gasteiger partial charge in [-0.15, -0.1) is 0 Å². The lowest BCUT2D eigenvalue weighted by atomic mass is 10.1. The summed E-state index contributed by atoms with van der Waals surface area (Å²) in [6.45, 7) is 0. The number of benzene rings is 2. The minimum absolute atomic E-state index is 0.00830. The van der Waals surface area contributed by atoms with Gasteiger partial charge in [0.2, 0.25) is 11.5 Å². The molecule has 0 unspecified atom stereocenters. The van der Waals surface area contributed by atoms with Crippen LogP contribution in [-0.2, 0) is 0 Å². The van der Waals surface area contributed by atoms with Crippen LogP contribution in [0, 0.1) is 0 Å². The van der Waals surface area contributed by atoms with Gasteiger partial charge in [-0.1, -0.05) is 65.8 Å². The van der Waals surface area contributed by atoms with Crippen LogP contribution in [0.15, 0.2) is 70.0 Å². The molecular weight excluding hydrogens is 306 g/mol. The number of aromatic nitrogens is 3. The molecule has 2 heterocycles. The molecule has 24 heavy (non-hydrogen) atoms. The highest BCUT2D eigenvalue weighted by atomic mass is 16.5. The van der Waals surface area contributed by atoms with E-state index in [1.54, 1.807) is 24.3 Å². The second kappa shape index (κ2) is 5.58. The molecule has 4 aromatic rings. The molecular formula is C18H11N3O3. The Morgan fingerprint density at radius 3 is 2.29 bits per heavy atom. The first kappa shape index (κ1) is 14.1. The molecule has 0 fully saturated rings. The predicted octanol–water partition coefficient (Wildman–Crippen LogP) is 2.81. The van der Waals surface area contributed by atoms with Crippen molar-refractivity contribution in [3.8, 4) is 11.4 Å². The molecule has 0 aliphatic carbocycles. The van der Waals surface area contributed by atoms with Crippen molar-refractivity contribution in [2.75, 3.05) is 0 Å². The first-order valence-electron chi connectivity index (χ1n) is 7.29. The van der Waals surface area contributed by atoms with Crippen LogP contribution in [0.4, 0.5) is 0 Å². The molecule has 0 radical (unpaired) electrons. The molecule has 6 nitrogen and oxygen atoms in total. The maximum atomic E-state index is 12.6. The Balaban J connectivity index is 1.91. The Morgan fingerprint density at radius 2 is 1.58 bits per heavy atom. The maximum absolute atomic E-state index is 12.6. The first-order chi connectivity index (χ1) is 11.7. The summed E-state index contributed by atoms with van der Waals surface area (Å²) in [7, 11) is 0. The molecule has 0 aliphatic heterocycles. The van der Waals surface area contributed by atoms with Crippen molar-refractivity contribution in [3.05, 3.63) is 82.3 Å². The van der Waals surface area contributed by atoms with E-state index in [9.17, 15) is 9.59 Å². The normalized spacial score (nSPS) is 10.8. The molecule has 116 valence electrons. The smallest absolute Gasteiger partial charge is 0.281 e. The van der Waals surface area contributed by atoms with Gasteiger partial charge in [-0.05, 0) is 0 Å². The number of nitrogens with zero attached hydrogens (tertiary/aromatic N) is 2. The highest BCUT2D eigenvalue weighted by molar-refractivity contribution is 6.13. The van der Waals surface area contributed by atoms with Gasteiger partial charge >= 0.3 is 0 Å². The molecule has 0 aliphatic rings. The second-order valence-corrected chi connectivity index (χ2v) is 5.18. The maximum Gasteiger partial charge on any atom is 0.281 e. The fraction of sp³-hybridized carbons (Fsp3) is 0. The molecule has 4 rings (SSSR count). The third-order valence-corrected chi connectivity index (χ3v) is 3.63. The number of aromatic amines is 1. The molecule has 0 spiro atoms. The first-order valence-corrected chi connectivity index (χ1v) is 7.29. The van der Waals surface area contributed by atoms with E-state index >= 15 is 0 Å². The highest BCUT2D eigenvalue weighted by Gasteiger charge is 2.22. The number of fused-ring (bicyclic) bond motifs is 1. The van der Waals surface area contributed by atoms with Gasteiger partial charge in [0.05, 0.1) is 0 Å². The Morgan fingerprint density at radius 1 is 0.917 bits per heavy atom. The quantitative estimate of drug-likeness (QED) is 0.587. The van der Waals surface area contributed by atoms with E-state index in [2.05, 4.69) is 15.1 Å². The lowest BCUT2D eigenvalue weighted by molar-refractivity contribution is 0.100. The Kier molecular flexibility index (Phi) is 3.28. The molecule has 2 aromatic heterocycles. The summed E-state index contributed by atoms with van der Waals surface area (Å²) in [6.07, 6.45) is 0. The third kappa shape index (κ3) is 2.30. The van der Waals surface area contributed by atoms with Crippen molar-refractivity contribution < 1.29 is 9.32 Å². The molecule has 1 N–H and O–H groups in total. The summed E-state index contributed by atoms with van der Waals surface area (Å²) < 4.78 is 5.12. The van der Waals surface area contributed by atoms with Crippen molar-refractivity contribution in [1.82, 2.24) is 15.1 Å². The molecule has 0 bridgehead atoms. The van der Waals surface area contributed by atoms with Crippen molar-refractivity contribution in [3.63, 3.8) is 0 Å². The van der Waals surface area contributed by atoms with Gasteiger partial charge < -0.3 is 9.51 Å². The van der Waals surface area contributed by atoms with Crippen molar-refractivity contribution in [2.45, 2.75) is 0 Å². The minimum atomic E-state index is -0.449. The molecule has 0 amide bonds. The third-order valence-electron chi connectivity index (χ3n) is 3.63. The van der Waals surface area contributed by atoms with E-state index in [0.717, 1.165) is 5.56 Å². The van der Waals surface area contributed by atoms with Crippen LogP contribution >= 0.6 is 0 Å². The lowest BCUT2D eigenvalue weighted by Gasteiger charge is -2.00. The predicted molar refractivity (Wildman–Crippen MR) is 87.7 cm³/mol. The van der Waals surface area contributed by atoms with Crippen LogP contribution in [-0.4, -0.2) is 20.9 Å². The topological polar surface area (TPSA) is 88.9 Å². The zero-order valence-corrected chi connectivity index (χ0v) is 12.4. The van der Waals surface area contributed by atoms with E-state index in [-0.39, 0.29) is 22.6 Å². The Labute approximate surface area is 135 Å². The number of H-pyrrole nitrogens is 1. The second-order valence-electron chi connectivity index (χ2n) is 5.18. The van der Waals surface area contributed by atoms with E-state index < -0.39 is 5.56 Å². The van der Waals surface area contributed by atoms with Crippen LogP contribution in [0.5, 0.6) is 0 Å². The molecule has 0 saturated carbocycles. The van der Waals surface area contributed by atoms with Crippen molar-refractivity contribution in [2.24, 2.45) is 0 Å². The summed E-state index contributed by atoms with van der Waals surface area (Å²) in [5, 5.41) is 3.70. The van der Waals surface area contributed by atoms with Crippen LogP contribution in [0.25, 0.3) is 22.4 Å². The zero-order chi connectivity index (χ0) is 16.5. The monoisotopic (exact) mass is 317 g/mol. The SMILES string of the molecule is O=C(c1ccccc1)c1onc2c(=O)[nH]c(-c3ccccc3)nc12. The molecule has 0 atom stereocenters. The van der Waals surface area contributed by atoms with Gasteiger partial charge in [0.1, 0.15) is 11.3 Å². The van der Waals surface area contributed by atoms with Crippen LogP contribution in [0.2, 0.25) is 0 Å². The van der Waals surface area contributed by atoms with E-state index in [0.29, 0.717) is 11.4 Å². The largest absolute Gasteiger partial charge is 0.349 e. The van der Waals surface area contributed by atoms with Crippen LogP contribution in [0.1, 0.15) is 16.1 Å². The summed E-state index contributed by atoms with van der Waals surface area (Å²) >= 11 is 0. The number of nitrogens with one attached hydrogen (secondary N) is 1. The average Bonchev–Trinajstić information content (AvgIpc) is 3.07. The molecule has 6 heteroatoms.